The van der Waals surface area contributed by atoms with E-state index in [0.29, 0.717) is 6.04 Å². The molecule has 0 aliphatic carbocycles. The fraction of sp³-hybridized carbons (Fsp3) is 0.733. The Kier molecular flexibility index (Phi) is 6.33. The van der Waals surface area contributed by atoms with Crippen LogP contribution in [0.4, 0.5) is 0 Å². The first-order valence-corrected chi connectivity index (χ1v) is 9.01. The van der Waals surface area contributed by atoms with E-state index in [9.17, 15) is 0 Å². The van der Waals surface area contributed by atoms with E-state index in [2.05, 4.69) is 52.1 Å². The number of piperidine rings is 1. The molecule has 1 N–H and O–H groups in total. The van der Waals surface area contributed by atoms with Gasteiger partial charge in [0.1, 0.15) is 0 Å². The Labute approximate surface area is 129 Å². The number of nitrogens with one attached hydrogen (secondary N) is 1. The van der Waals surface area contributed by atoms with Gasteiger partial charge in [0, 0.05) is 17.5 Å². The SMILES string of the molecule is CCCN(CC1CCNCC1)C(C)c1ccc(Br)s1. The van der Waals surface area contributed by atoms with Crippen molar-refractivity contribution in [1.29, 1.82) is 0 Å². The van der Waals surface area contributed by atoms with Gasteiger partial charge in [0.2, 0.25) is 0 Å². The predicted octanol–water partition coefficient (Wildman–Crippen LogP) is 4.28. The average Bonchev–Trinajstić information content (AvgIpc) is 2.85. The van der Waals surface area contributed by atoms with E-state index in [0.717, 1.165) is 5.92 Å². The van der Waals surface area contributed by atoms with Gasteiger partial charge in [0.15, 0.2) is 0 Å². The summed E-state index contributed by atoms with van der Waals surface area (Å²) >= 11 is 5.45. The van der Waals surface area contributed by atoms with Crippen LogP contribution in [0, 0.1) is 5.92 Å². The maximum Gasteiger partial charge on any atom is 0.0701 e. The molecule has 1 unspecified atom stereocenters. The molecule has 1 atom stereocenters. The second kappa shape index (κ2) is 7.77. The summed E-state index contributed by atoms with van der Waals surface area (Å²) in [6, 6.07) is 4.99. The molecule has 2 rings (SSSR count). The predicted molar refractivity (Wildman–Crippen MR) is 87.9 cm³/mol. The Balaban J connectivity index is 1.97. The summed E-state index contributed by atoms with van der Waals surface area (Å²) in [7, 11) is 0. The summed E-state index contributed by atoms with van der Waals surface area (Å²) in [5, 5.41) is 3.46. The number of rotatable bonds is 6. The largest absolute Gasteiger partial charge is 0.317 e. The van der Waals surface area contributed by atoms with Gasteiger partial charge in [-0.25, -0.2) is 0 Å². The summed E-state index contributed by atoms with van der Waals surface area (Å²) in [5.74, 6) is 0.874. The highest BCUT2D eigenvalue weighted by Gasteiger charge is 2.21. The molecule has 1 fully saturated rings. The van der Waals surface area contributed by atoms with E-state index in [4.69, 9.17) is 0 Å². The van der Waals surface area contributed by atoms with Crippen LogP contribution in [0.3, 0.4) is 0 Å². The van der Waals surface area contributed by atoms with E-state index in [1.54, 1.807) is 0 Å². The van der Waals surface area contributed by atoms with Gasteiger partial charge in [0.25, 0.3) is 0 Å². The van der Waals surface area contributed by atoms with Crippen molar-refractivity contribution in [3.05, 3.63) is 20.8 Å². The highest BCUT2D eigenvalue weighted by molar-refractivity contribution is 9.11. The minimum absolute atomic E-state index is 0.547. The minimum Gasteiger partial charge on any atom is -0.317 e. The molecule has 0 saturated carbocycles. The van der Waals surface area contributed by atoms with Crippen molar-refractivity contribution in [2.45, 2.75) is 39.2 Å². The quantitative estimate of drug-likeness (QED) is 0.828. The Morgan fingerprint density at radius 2 is 2.16 bits per heavy atom. The molecule has 0 bridgehead atoms. The summed E-state index contributed by atoms with van der Waals surface area (Å²) < 4.78 is 1.24. The van der Waals surface area contributed by atoms with E-state index >= 15 is 0 Å². The van der Waals surface area contributed by atoms with Crippen LogP contribution in [0.15, 0.2) is 15.9 Å². The molecular formula is C15H25BrN2S. The van der Waals surface area contributed by atoms with E-state index in [1.165, 1.54) is 54.1 Å². The molecule has 1 saturated heterocycles. The molecule has 2 nitrogen and oxygen atoms in total. The van der Waals surface area contributed by atoms with Crippen LogP contribution in [0.2, 0.25) is 0 Å². The summed E-state index contributed by atoms with van der Waals surface area (Å²) in [5.41, 5.74) is 0. The normalized spacial score (nSPS) is 18.9. The molecule has 19 heavy (non-hydrogen) atoms. The lowest BCUT2D eigenvalue weighted by atomic mass is 9.96. The van der Waals surface area contributed by atoms with Gasteiger partial charge >= 0.3 is 0 Å². The Morgan fingerprint density at radius 1 is 1.42 bits per heavy atom. The van der Waals surface area contributed by atoms with Crippen molar-refractivity contribution in [2.24, 2.45) is 5.92 Å². The van der Waals surface area contributed by atoms with E-state index < -0.39 is 0 Å². The topological polar surface area (TPSA) is 15.3 Å². The summed E-state index contributed by atoms with van der Waals surface area (Å²) in [4.78, 5) is 4.16. The van der Waals surface area contributed by atoms with Gasteiger partial charge < -0.3 is 5.32 Å². The highest BCUT2D eigenvalue weighted by Crippen LogP contribution is 2.31. The lowest BCUT2D eigenvalue weighted by Gasteiger charge is -2.33. The monoisotopic (exact) mass is 344 g/mol. The number of hydrogen-bond donors (Lipinski definition) is 1. The maximum atomic E-state index is 3.58. The third kappa shape index (κ3) is 4.55. The molecule has 4 heteroatoms. The molecule has 2 heterocycles. The fourth-order valence-corrected chi connectivity index (χ4v) is 4.37. The molecule has 1 aromatic heterocycles. The lowest BCUT2D eigenvalue weighted by molar-refractivity contribution is 0.163. The van der Waals surface area contributed by atoms with Crippen LogP contribution in [-0.4, -0.2) is 31.1 Å². The Bertz CT molecular complexity index is 374. The summed E-state index contributed by atoms with van der Waals surface area (Å²) in [6.45, 7) is 9.50. The van der Waals surface area contributed by atoms with Gasteiger partial charge in [-0.15, -0.1) is 11.3 Å². The van der Waals surface area contributed by atoms with Crippen LogP contribution >= 0.6 is 27.3 Å². The maximum absolute atomic E-state index is 3.58. The zero-order chi connectivity index (χ0) is 13.7. The third-order valence-electron chi connectivity index (χ3n) is 4.02. The van der Waals surface area contributed by atoms with Gasteiger partial charge in [-0.3, -0.25) is 4.90 Å². The van der Waals surface area contributed by atoms with Crippen LogP contribution in [-0.2, 0) is 0 Å². The fourth-order valence-electron chi connectivity index (χ4n) is 2.86. The molecule has 1 aliphatic rings. The molecule has 1 aliphatic heterocycles. The van der Waals surface area contributed by atoms with Crippen LogP contribution in [0.5, 0.6) is 0 Å². The minimum atomic E-state index is 0.547. The van der Waals surface area contributed by atoms with Crippen LogP contribution < -0.4 is 5.32 Å². The third-order valence-corrected chi connectivity index (χ3v) is 5.81. The van der Waals surface area contributed by atoms with Gasteiger partial charge in [0.05, 0.1) is 3.79 Å². The zero-order valence-corrected chi connectivity index (χ0v) is 14.4. The van der Waals surface area contributed by atoms with Crippen LogP contribution in [0.1, 0.15) is 44.0 Å². The second-order valence-corrected chi connectivity index (χ2v) is 8.00. The molecule has 108 valence electrons. The Hall–Kier alpha value is 0.1000. The first kappa shape index (κ1) is 15.5. The first-order chi connectivity index (χ1) is 9.20. The molecule has 0 aromatic carbocycles. The molecular weight excluding hydrogens is 320 g/mol. The molecule has 0 amide bonds. The van der Waals surface area contributed by atoms with Crippen molar-refractivity contribution in [3.63, 3.8) is 0 Å². The van der Waals surface area contributed by atoms with E-state index in [-0.39, 0.29) is 0 Å². The number of thiophene rings is 1. The molecule has 0 spiro atoms. The molecule has 1 aromatic rings. The number of nitrogens with zero attached hydrogens (tertiary/aromatic N) is 1. The van der Waals surface area contributed by atoms with Gasteiger partial charge in [-0.1, -0.05) is 6.92 Å². The number of halogens is 1. The number of hydrogen-bond acceptors (Lipinski definition) is 3. The highest BCUT2D eigenvalue weighted by atomic mass is 79.9. The first-order valence-electron chi connectivity index (χ1n) is 7.40. The standard InChI is InChI=1S/C15H25BrN2S/c1-3-10-18(11-13-6-8-17-9-7-13)12(2)14-4-5-15(16)19-14/h4-5,12-13,17H,3,6-11H2,1-2H3. The van der Waals surface area contributed by atoms with Crippen LogP contribution in [0.25, 0.3) is 0 Å². The zero-order valence-electron chi connectivity index (χ0n) is 12.0. The van der Waals surface area contributed by atoms with Gasteiger partial charge in [-0.2, -0.15) is 0 Å². The smallest absolute Gasteiger partial charge is 0.0701 e. The Morgan fingerprint density at radius 3 is 2.74 bits per heavy atom. The second-order valence-electron chi connectivity index (χ2n) is 5.51. The van der Waals surface area contributed by atoms with Gasteiger partial charge in [-0.05, 0) is 79.8 Å². The van der Waals surface area contributed by atoms with E-state index in [1.807, 2.05) is 11.3 Å². The molecule has 0 radical (unpaired) electrons. The summed E-state index contributed by atoms with van der Waals surface area (Å²) in [6.07, 6.45) is 3.91. The van der Waals surface area contributed by atoms with Crippen molar-refractivity contribution < 1.29 is 0 Å². The van der Waals surface area contributed by atoms with Crippen molar-refractivity contribution in [1.82, 2.24) is 10.2 Å². The van der Waals surface area contributed by atoms with Crippen molar-refractivity contribution >= 4 is 27.3 Å². The van der Waals surface area contributed by atoms with Crippen molar-refractivity contribution in [2.75, 3.05) is 26.2 Å². The average molecular weight is 345 g/mol. The lowest BCUT2D eigenvalue weighted by Crippen LogP contribution is -2.37. The van der Waals surface area contributed by atoms with Crippen molar-refractivity contribution in [3.8, 4) is 0 Å².